The third kappa shape index (κ3) is 7.03. The molecule has 0 spiro atoms. The van der Waals surface area contributed by atoms with E-state index in [0.29, 0.717) is 6.04 Å². The van der Waals surface area contributed by atoms with Crippen LogP contribution in [0.15, 0.2) is 0 Å². The standard InChI is InChI=1S/C11H25NO/c1-5-8-12-11(3)10(2)7-6-9-13-4/h10-12H,5-9H2,1-4H3. The summed E-state index contributed by atoms with van der Waals surface area (Å²) in [6.07, 6.45) is 3.65. The summed E-state index contributed by atoms with van der Waals surface area (Å²) >= 11 is 0. The van der Waals surface area contributed by atoms with Gasteiger partial charge in [-0.2, -0.15) is 0 Å². The van der Waals surface area contributed by atoms with Gasteiger partial charge in [0, 0.05) is 19.8 Å². The van der Waals surface area contributed by atoms with E-state index in [-0.39, 0.29) is 0 Å². The Kier molecular flexibility index (Phi) is 8.46. The first-order valence-electron chi connectivity index (χ1n) is 5.44. The van der Waals surface area contributed by atoms with E-state index in [9.17, 15) is 0 Å². The second kappa shape index (κ2) is 8.52. The van der Waals surface area contributed by atoms with Gasteiger partial charge in [0.1, 0.15) is 0 Å². The number of ether oxygens (including phenoxy) is 1. The predicted molar refractivity (Wildman–Crippen MR) is 58.0 cm³/mol. The Morgan fingerprint density at radius 3 is 2.54 bits per heavy atom. The lowest BCUT2D eigenvalue weighted by Crippen LogP contribution is -2.32. The lowest BCUT2D eigenvalue weighted by Gasteiger charge is -2.20. The van der Waals surface area contributed by atoms with Crippen LogP contribution >= 0.6 is 0 Å². The highest BCUT2D eigenvalue weighted by Gasteiger charge is 2.09. The van der Waals surface area contributed by atoms with Crippen LogP contribution in [0.1, 0.15) is 40.0 Å². The highest BCUT2D eigenvalue weighted by molar-refractivity contribution is 4.67. The van der Waals surface area contributed by atoms with Crippen molar-refractivity contribution in [3.63, 3.8) is 0 Å². The molecule has 0 saturated carbocycles. The summed E-state index contributed by atoms with van der Waals surface area (Å²) in [6.45, 7) is 8.81. The molecule has 0 rings (SSSR count). The number of hydrogen-bond donors (Lipinski definition) is 1. The summed E-state index contributed by atoms with van der Waals surface area (Å²) in [7, 11) is 1.77. The van der Waals surface area contributed by atoms with E-state index >= 15 is 0 Å². The molecule has 0 fully saturated rings. The monoisotopic (exact) mass is 187 g/mol. The van der Waals surface area contributed by atoms with E-state index in [0.717, 1.165) is 19.1 Å². The van der Waals surface area contributed by atoms with Gasteiger partial charge in [-0.25, -0.2) is 0 Å². The van der Waals surface area contributed by atoms with E-state index < -0.39 is 0 Å². The van der Waals surface area contributed by atoms with Gasteiger partial charge in [-0.1, -0.05) is 13.8 Å². The number of hydrogen-bond acceptors (Lipinski definition) is 2. The second-order valence-corrected chi connectivity index (χ2v) is 3.86. The summed E-state index contributed by atoms with van der Waals surface area (Å²) in [5.41, 5.74) is 0. The summed E-state index contributed by atoms with van der Waals surface area (Å²) in [5, 5.41) is 3.52. The molecule has 2 atom stereocenters. The van der Waals surface area contributed by atoms with Crippen molar-refractivity contribution in [3.05, 3.63) is 0 Å². The summed E-state index contributed by atoms with van der Waals surface area (Å²) in [4.78, 5) is 0. The minimum Gasteiger partial charge on any atom is -0.385 e. The van der Waals surface area contributed by atoms with Crippen molar-refractivity contribution in [1.29, 1.82) is 0 Å². The van der Waals surface area contributed by atoms with Crippen LogP contribution in [0.25, 0.3) is 0 Å². The van der Waals surface area contributed by atoms with Crippen LogP contribution < -0.4 is 5.32 Å². The maximum Gasteiger partial charge on any atom is 0.0462 e. The highest BCUT2D eigenvalue weighted by Crippen LogP contribution is 2.10. The van der Waals surface area contributed by atoms with Crippen molar-refractivity contribution in [2.45, 2.75) is 46.1 Å². The number of methoxy groups -OCH3 is 1. The molecule has 0 aliphatic heterocycles. The molecule has 0 aromatic carbocycles. The van der Waals surface area contributed by atoms with Gasteiger partial charge in [0.2, 0.25) is 0 Å². The van der Waals surface area contributed by atoms with Gasteiger partial charge in [-0.3, -0.25) is 0 Å². The fourth-order valence-electron chi connectivity index (χ4n) is 1.37. The van der Waals surface area contributed by atoms with Gasteiger partial charge in [0.05, 0.1) is 0 Å². The van der Waals surface area contributed by atoms with Gasteiger partial charge in [0.25, 0.3) is 0 Å². The fraction of sp³-hybridized carbons (Fsp3) is 1.00. The van der Waals surface area contributed by atoms with Crippen LogP contribution in [0.4, 0.5) is 0 Å². The quantitative estimate of drug-likeness (QED) is 0.589. The lowest BCUT2D eigenvalue weighted by atomic mass is 9.98. The Morgan fingerprint density at radius 1 is 1.31 bits per heavy atom. The van der Waals surface area contributed by atoms with Gasteiger partial charge in [0.15, 0.2) is 0 Å². The van der Waals surface area contributed by atoms with E-state index in [4.69, 9.17) is 4.74 Å². The third-order valence-electron chi connectivity index (χ3n) is 2.58. The summed E-state index contributed by atoms with van der Waals surface area (Å²) < 4.78 is 5.03. The van der Waals surface area contributed by atoms with Crippen molar-refractivity contribution in [2.75, 3.05) is 20.3 Å². The number of rotatable bonds is 8. The first-order chi connectivity index (χ1) is 6.22. The number of nitrogens with one attached hydrogen (secondary N) is 1. The molecule has 2 unspecified atom stereocenters. The zero-order chi connectivity index (χ0) is 10.1. The Labute approximate surface area is 83.1 Å². The summed E-state index contributed by atoms with van der Waals surface area (Å²) in [5.74, 6) is 0.752. The molecule has 2 nitrogen and oxygen atoms in total. The molecule has 0 aromatic rings. The van der Waals surface area contributed by atoms with Gasteiger partial charge < -0.3 is 10.1 Å². The van der Waals surface area contributed by atoms with Gasteiger partial charge >= 0.3 is 0 Å². The average Bonchev–Trinajstić information content (AvgIpc) is 2.14. The van der Waals surface area contributed by atoms with Crippen LogP contribution in [0, 0.1) is 5.92 Å². The molecule has 0 aliphatic carbocycles. The van der Waals surface area contributed by atoms with Gasteiger partial charge in [-0.05, 0) is 38.6 Å². The topological polar surface area (TPSA) is 21.3 Å². The third-order valence-corrected chi connectivity index (χ3v) is 2.58. The van der Waals surface area contributed by atoms with Crippen molar-refractivity contribution in [1.82, 2.24) is 5.32 Å². The van der Waals surface area contributed by atoms with E-state index in [2.05, 4.69) is 26.1 Å². The smallest absolute Gasteiger partial charge is 0.0462 e. The maximum absolute atomic E-state index is 5.03. The zero-order valence-corrected chi connectivity index (χ0v) is 9.60. The molecule has 0 amide bonds. The molecular weight excluding hydrogens is 162 g/mol. The normalized spacial score (nSPS) is 15.7. The van der Waals surface area contributed by atoms with Crippen molar-refractivity contribution in [2.24, 2.45) is 5.92 Å². The molecule has 0 aromatic heterocycles. The Morgan fingerprint density at radius 2 is 2.00 bits per heavy atom. The van der Waals surface area contributed by atoms with Crippen LogP contribution in [0.5, 0.6) is 0 Å². The Bertz CT molecular complexity index is 106. The van der Waals surface area contributed by atoms with Crippen LogP contribution in [0.3, 0.4) is 0 Å². The predicted octanol–water partition coefficient (Wildman–Crippen LogP) is 2.44. The molecular formula is C11H25NO. The minimum atomic E-state index is 0.636. The Hall–Kier alpha value is -0.0800. The molecule has 0 heterocycles. The SMILES string of the molecule is CCCNC(C)C(C)CCCOC. The minimum absolute atomic E-state index is 0.636. The molecule has 0 aliphatic rings. The molecule has 1 N–H and O–H groups in total. The fourth-order valence-corrected chi connectivity index (χ4v) is 1.37. The van der Waals surface area contributed by atoms with Crippen LogP contribution in [-0.4, -0.2) is 26.3 Å². The first-order valence-corrected chi connectivity index (χ1v) is 5.44. The summed E-state index contributed by atoms with van der Waals surface area (Å²) in [6, 6.07) is 0.636. The van der Waals surface area contributed by atoms with Gasteiger partial charge in [-0.15, -0.1) is 0 Å². The zero-order valence-electron chi connectivity index (χ0n) is 9.60. The van der Waals surface area contributed by atoms with E-state index in [1.165, 1.54) is 19.3 Å². The highest BCUT2D eigenvalue weighted by atomic mass is 16.5. The second-order valence-electron chi connectivity index (χ2n) is 3.86. The first kappa shape index (κ1) is 12.9. The van der Waals surface area contributed by atoms with Crippen molar-refractivity contribution < 1.29 is 4.74 Å². The average molecular weight is 187 g/mol. The molecule has 0 bridgehead atoms. The lowest BCUT2D eigenvalue weighted by molar-refractivity contribution is 0.184. The molecule has 0 saturated heterocycles. The Balaban J connectivity index is 3.38. The van der Waals surface area contributed by atoms with E-state index in [1.54, 1.807) is 7.11 Å². The van der Waals surface area contributed by atoms with Crippen LogP contribution in [0.2, 0.25) is 0 Å². The van der Waals surface area contributed by atoms with E-state index in [1.807, 2.05) is 0 Å². The van der Waals surface area contributed by atoms with Crippen LogP contribution in [-0.2, 0) is 4.74 Å². The molecule has 0 radical (unpaired) electrons. The molecule has 13 heavy (non-hydrogen) atoms. The van der Waals surface area contributed by atoms with Crippen molar-refractivity contribution in [3.8, 4) is 0 Å². The van der Waals surface area contributed by atoms with Crippen molar-refractivity contribution >= 4 is 0 Å². The maximum atomic E-state index is 5.03. The molecule has 2 heteroatoms. The largest absolute Gasteiger partial charge is 0.385 e. The molecule has 80 valence electrons.